The number of hydrogen-bond acceptors (Lipinski definition) is 3. The molecule has 0 radical (unpaired) electrons. The minimum atomic E-state index is -0.194. The summed E-state index contributed by atoms with van der Waals surface area (Å²) in [7, 11) is 0. The van der Waals surface area contributed by atoms with E-state index in [4.69, 9.17) is 16.3 Å². The molecule has 0 aromatic heterocycles. The van der Waals surface area contributed by atoms with Crippen molar-refractivity contribution in [2.24, 2.45) is 0 Å². The van der Waals surface area contributed by atoms with E-state index in [1.54, 1.807) is 29.2 Å². The van der Waals surface area contributed by atoms with Gasteiger partial charge in [-0.2, -0.15) is 0 Å². The van der Waals surface area contributed by atoms with Crippen molar-refractivity contribution in [2.45, 2.75) is 33.3 Å². The average Bonchev–Trinajstić information content (AvgIpc) is 2.55. The molecule has 0 unspecified atom stereocenters. The van der Waals surface area contributed by atoms with E-state index < -0.39 is 0 Å². The molecule has 2 rings (SSSR count). The van der Waals surface area contributed by atoms with Crippen LogP contribution in [0, 0.1) is 0 Å². The highest BCUT2D eigenvalue weighted by Crippen LogP contribution is 2.29. The third-order valence-electron chi connectivity index (χ3n) is 3.57. The summed E-state index contributed by atoms with van der Waals surface area (Å²) in [5.74, 6) is 0.272. The summed E-state index contributed by atoms with van der Waals surface area (Å²) in [5, 5.41) is 3.33. The Balaban J connectivity index is 2.07. The van der Waals surface area contributed by atoms with Gasteiger partial charge in [-0.1, -0.05) is 29.8 Å². The number of nitrogens with one attached hydrogen (secondary N) is 1. The van der Waals surface area contributed by atoms with Crippen LogP contribution in [0.25, 0.3) is 0 Å². The summed E-state index contributed by atoms with van der Waals surface area (Å²) >= 11 is 5.92. The molecule has 1 N–H and O–H groups in total. The van der Waals surface area contributed by atoms with Gasteiger partial charge in [0.15, 0.2) is 0 Å². The van der Waals surface area contributed by atoms with Gasteiger partial charge < -0.3 is 15.0 Å². The quantitative estimate of drug-likeness (QED) is 0.775. The zero-order valence-corrected chi connectivity index (χ0v) is 15.9. The molecule has 2 amide bonds. The lowest BCUT2D eigenvalue weighted by Gasteiger charge is -2.24. The van der Waals surface area contributed by atoms with Gasteiger partial charge in [-0.05, 0) is 44.2 Å². The lowest BCUT2D eigenvalue weighted by molar-refractivity contribution is -0.117. The van der Waals surface area contributed by atoms with Gasteiger partial charge in [0.2, 0.25) is 11.8 Å². The van der Waals surface area contributed by atoms with Gasteiger partial charge in [0.05, 0.1) is 11.8 Å². The smallest absolute Gasteiger partial charge is 0.226 e. The number of anilines is 2. The Hall–Kier alpha value is -2.53. The maximum atomic E-state index is 12.2. The van der Waals surface area contributed by atoms with Crippen LogP contribution in [0.1, 0.15) is 27.2 Å². The first-order chi connectivity index (χ1) is 12.4. The van der Waals surface area contributed by atoms with Crippen LogP contribution in [0.15, 0.2) is 48.5 Å². The maximum Gasteiger partial charge on any atom is 0.226 e. The van der Waals surface area contributed by atoms with Gasteiger partial charge in [-0.15, -0.1) is 0 Å². The van der Waals surface area contributed by atoms with Crippen LogP contribution in [0.5, 0.6) is 5.75 Å². The Morgan fingerprint density at radius 3 is 2.54 bits per heavy atom. The zero-order chi connectivity index (χ0) is 19.1. The van der Waals surface area contributed by atoms with E-state index >= 15 is 0 Å². The third kappa shape index (κ3) is 5.77. The van der Waals surface area contributed by atoms with E-state index in [9.17, 15) is 9.59 Å². The molecule has 0 spiro atoms. The van der Waals surface area contributed by atoms with Gasteiger partial charge in [-0.3, -0.25) is 9.59 Å². The molecule has 5 nitrogen and oxygen atoms in total. The van der Waals surface area contributed by atoms with E-state index in [2.05, 4.69) is 5.32 Å². The summed E-state index contributed by atoms with van der Waals surface area (Å²) in [6.07, 6.45) is 0.137. The number of halogens is 1. The lowest BCUT2D eigenvalue weighted by Crippen LogP contribution is -2.32. The first-order valence-electron chi connectivity index (χ1n) is 8.46. The minimum Gasteiger partial charge on any atom is -0.489 e. The number of carbonyl (C=O) groups is 2. The fourth-order valence-electron chi connectivity index (χ4n) is 2.48. The molecule has 0 saturated heterocycles. The van der Waals surface area contributed by atoms with Crippen LogP contribution in [-0.2, 0) is 9.59 Å². The Morgan fingerprint density at radius 1 is 1.15 bits per heavy atom. The fraction of sp³-hybridized carbons (Fsp3) is 0.300. The number of nitrogens with zero attached hydrogens (tertiary/aromatic N) is 1. The summed E-state index contributed by atoms with van der Waals surface area (Å²) in [6, 6.07) is 14.3. The van der Waals surface area contributed by atoms with Crippen LogP contribution < -0.4 is 15.0 Å². The van der Waals surface area contributed by atoms with Crippen molar-refractivity contribution in [3.63, 3.8) is 0 Å². The molecule has 2 aromatic rings. The number of amides is 2. The third-order valence-corrected chi connectivity index (χ3v) is 3.80. The Kier molecular flexibility index (Phi) is 7.04. The van der Waals surface area contributed by atoms with E-state index in [0.717, 1.165) is 0 Å². The highest BCUT2D eigenvalue weighted by molar-refractivity contribution is 6.30. The molecule has 0 aliphatic rings. The van der Waals surface area contributed by atoms with Gasteiger partial charge in [0.1, 0.15) is 5.75 Å². The number of hydrogen-bond donors (Lipinski definition) is 1. The highest BCUT2D eigenvalue weighted by atomic mass is 35.5. The summed E-state index contributed by atoms with van der Waals surface area (Å²) in [6.45, 7) is 5.57. The zero-order valence-electron chi connectivity index (χ0n) is 15.2. The van der Waals surface area contributed by atoms with Crippen molar-refractivity contribution in [1.82, 2.24) is 0 Å². The number of para-hydroxylation sites is 2. The Bertz CT molecular complexity index is 777. The molecule has 0 saturated carbocycles. The van der Waals surface area contributed by atoms with Crippen molar-refractivity contribution >= 4 is 34.8 Å². The van der Waals surface area contributed by atoms with E-state index in [1.807, 2.05) is 38.1 Å². The van der Waals surface area contributed by atoms with Crippen molar-refractivity contribution in [1.29, 1.82) is 0 Å². The van der Waals surface area contributed by atoms with Crippen LogP contribution >= 0.6 is 11.6 Å². The van der Waals surface area contributed by atoms with Crippen molar-refractivity contribution in [3.05, 3.63) is 53.6 Å². The molecule has 2 aromatic carbocycles. The van der Waals surface area contributed by atoms with Crippen molar-refractivity contribution < 1.29 is 14.3 Å². The van der Waals surface area contributed by atoms with E-state index in [1.165, 1.54) is 6.92 Å². The van der Waals surface area contributed by atoms with Crippen LogP contribution in [0.4, 0.5) is 11.4 Å². The SMILES string of the molecule is CC(=O)N(CCC(=O)Nc1cccc(Cl)c1)c1ccccc1OC(C)C. The summed E-state index contributed by atoms with van der Waals surface area (Å²) in [4.78, 5) is 25.9. The van der Waals surface area contributed by atoms with Crippen molar-refractivity contribution in [3.8, 4) is 5.75 Å². The average molecular weight is 375 g/mol. The molecule has 6 heteroatoms. The highest BCUT2D eigenvalue weighted by Gasteiger charge is 2.18. The molecular weight excluding hydrogens is 352 g/mol. The number of ether oxygens (including phenoxy) is 1. The van der Waals surface area contributed by atoms with Gasteiger partial charge in [-0.25, -0.2) is 0 Å². The first-order valence-corrected chi connectivity index (χ1v) is 8.84. The molecule has 0 fully saturated rings. The normalized spacial score (nSPS) is 10.5. The van der Waals surface area contributed by atoms with Crippen LogP contribution in [-0.4, -0.2) is 24.5 Å². The predicted molar refractivity (Wildman–Crippen MR) is 105 cm³/mol. The van der Waals surface area contributed by atoms with Crippen LogP contribution in [0.3, 0.4) is 0 Å². The van der Waals surface area contributed by atoms with Gasteiger partial charge in [0, 0.05) is 30.6 Å². The second-order valence-electron chi connectivity index (χ2n) is 6.11. The molecule has 26 heavy (non-hydrogen) atoms. The summed E-state index contributed by atoms with van der Waals surface area (Å²) in [5.41, 5.74) is 1.28. The van der Waals surface area contributed by atoms with E-state index in [0.29, 0.717) is 22.1 Å². The standard InChI is InChI=1S/C20H23ClN2O3/c1-14(2)26-19-10-5-4-9-18(19)23(15(3)24)12-11-20(25)22-17-8-6-7-16(21)13-17/h4-10,13-14H,11-12H2,1-3H3,(H,22,25). The first kappa shape index (κ1) is 19.8. The van der Waals surface area contributed by atoms with Crippen molar-refractivity contribution in [2.75, 3.05) is 16.8 Å². The van der Waals surface area contributed by atoms with Gasteiger partial charge >= 0.3 is 0 Å². The Labute approximate surface area is 158 Å². The second kappa shape index (κ2) is 9.25. The number of benzene rings is 2. The molecule has 138 valence electrons. The molecule has 0 heterocycles. The largest absolute Gasteiger partial charge is 0.489 e. The van der Waals surface area contributed by atoms with Crippen LogP contribution in [0.2, 0.25) is 5.02 Å². The number of rotatable bonds is 7. The Morgan fingerprint density at radius 2 is 1.88 bits per heavy atom. The molecule has 0 aliphatic heterocycles. The van der Waals surface area contributed by atoms with E-state index in [-0.39, 0.29) is 30.9 Å². The number of carbonyl (C=O) groups excluding carboxylic acids is 2. The maximum absolute atomic E-state index is 12.2. The molecule has 0 atom stereocenters. The fourth-order valence-corrected chi connectivity index (χ4v) is 2.67. The minimum absolute atomic E-state index is 0.0175. The molecular formula is C20H23ClN2O3. The topological polar surface area (TPSA) is 58.6 Å². The molecule has 0 bridgehead atoms. The summed E-state index contributed by atoms with van der Waals surface area (Å²) < 4.78 is 5.78. The predicted octanol–water partition coefficient (Wildman–Crippen LogP) is 4.51. The monoisotopic (exact) mass is 374 g/mol. The molecule has 0 aliphatic carbocycles. The lowest BCUT2D eigenvalue weighted by atomic mass is 10.2. The van der Waals surface area contributed by atoms with Gasteiger partial charge in [0.25, 0.3) is 0 Å². The second-order valence-corrected chi connectivity index (χ2v) is 6.55.